The Morgan fingerprint density at radius 2 is 1.86 bits per heavy atom. The van der Waals surface area contributed by atoms with Gasteiger partial charge in [-0.2, -0.15) is 0 Å². The number of rotatable bonds is 7. The monoisotopic (exact) mass is 305 g/mol. The molecule has 0 aliphatic heterocycles. The van der Waals surface area contributed by atoms with Gasteiger partial charge in [0.1, 0.15) is 11.3 Å². The second-order valence-corrected chi connectivity index (χ2v) is 4.93. The third kappa shape index (κ3) is 5.63. The van der Waals surface area contributed by atoms with Crippen molar-refractivity contribution in [2.45, 2.75) is 45.1 Å². The van der Waals surface area contributed by atoms with E-state index in [0.29, 0.717) is 18.4 Å². The molecule has 0 radical (unpaired) electrons. The van der Waals surface area contributed by atoms with Crippen LogP contribution in [0.15, 0.2) is 24.3 Å². The van der Waals surface area contributed by atoms with Gasteiger partial charge in [-0.15, -0.1) is 13.2 Å². The summed E-state index contributed by atoms with van der Waals surface area (Å²) in [5.74, 6) is -1.26. The molecule has 0 heterocycles. The van der Waals surface area contributed by atoms with Crippen molar-refractivity contribution >= 4 is 5.97 Å². The largest absolute Gasteiger partial charge is 0.573 e. The zero-order chi connectivity index (χ0) is 16.1. The van der Waals surface area contributed by atoms with E-state index in [1.807, 2.05) is 6.92 Å². The van der Waals surface area contributed by atoms with Crippen LogP contribution >= 0.6 is 0 Å². The van der Waals surface area contributed by atoms with Crippen molar-refractivity contribution in [1.82, 2.24) is 5.32 Å². The average Bonchev–Trinajstić information content (AvgIpc) is 2.36. The molecule has 0 aromatic heterocycles. The molecule has 118 valence electrons. The Balaban J connectivity index is 2.65. The number of hydrogen-bond acceptors (Lipinski definition) is 3. The van der Waals surface area contributed by atoms with Crippen LogP contribution in [0.25, 0.3) is 0 Å². The van der Waals surface area contributed by atoms with Crippen molar-refractivity contribution in [3.8, 4) is 5.75 Å². The Kier molecular flexibility index (Phi) is 5.60. The van der Waals surface area contributed by atoms with Gasteiger partial charge in [-0.05, 0) is 31.0 Å². The van der Waals surface area contributed by atoms with Crippen LogP contribution in [0.1, 0.15) is 32.3 Å². The zero-order valence-electron chi connectivity index (χ0n) is 11.8. The Bertz CT molecular complexity index is 473. The van der Waals surface area contributed by atoms with E-state index in [4.69, 9.17) is 0 Å². The number of carboxylic acids is 1. The van der Waals surface area contributed by atoms with Crippen LogP contribution in [0.2, 0.25) is 0 Å². The molecule has 1 aromatic rings. The molecule has 7 heteroatoms. The van der Waals surface area contributed by atoms with Crippen molar-refractivity contribution in [2.75, 3.05) is 0 Å². The molecule has 0 amide bonds. The smallest absolute Gasteiger partial charge is 0.480 e. The summed E-state index contributed by atoms with van der Waals surface area (Å²) in [6.45, 7) is 3.71. The molecule has 1 aromatic carbocycles. The highest BCUT2D eigenvalue weighted by molar-refractivity contribution is 5.78. The number of ether oxygens (including phenoxy) is 1. The second-order valence-electron chi connectivity index (χ2n) is 4.93. The summed E-state index contributed by atoms with van der Waals surface area (Å²) < 4.78 is 39.8. The summed E-state index contributed by atoms with van der Waals surface area (Å²) in [6.07, 6.45) is -3.56. The summed E-state index contributed by atoms with van der Waals surface area (Å²) in [4.78, 5) is 11.2. The average molecular weight is 305 g/mol. The lowest BCUT2D eigenvalue weighted by atomic mass is 9.96. The number of aliphatic carboxylic acids is 1. The number of alkyl halides is 3. The number of hydrogen-bond donors (Lipinski definition) is 2. The molecule has 0 bridgehead atoms. The predicted molar refractivity (Wildman–Crippen MR) is 70.9 cm³/mol. The van der Waals surface area contributed by atoms with Gasteiger partial charge < -0.3 is 9.84 Å². The predicted octanol–water partition coefficient (Wildman–Crippen LogP) is 3.32. The molecule has 2 N–H and O–H groups in total. The third-order valence-corrected chi connectivity index (χ3v) is 3.06. The van der Waals surface area contributed by atoms with Crippen LogP contribution in [-0.4, -0.2) is 23.0 Å². The van der Waals surface area contributed by atoms with E-state index in [2.05, 4.69) is 10.1 Å². The number of carbonyl (C=O) groups is 1. The molecule has 0 spiro atoms. The first-order valence-corrected chi connectivity index (χ1v) is 6.49. The maximum absolute atomic E-state index is 12.0. The molecule has 1 atom stereocenters. The van der Waals surface area contributed by atoms with Crippen LogP contribution < -0.4 is 10.1 Å². The molecule has 4 nitrogen and oxygen atoms in total. The molecule has 0 saturated heterocycles. The summed E-state index contributed by atoms with van der Waals surface area (Å²) >= 11 is 0. The summed E-state index contributed by atoms with van der Waals surface area (Å²) in [5.41, 5.74) is -0.385. The van der Waals surface area contributed by atoms with Crippen LogP contribution in [0.5, 0.6) is 5.75 Å². The summed E-state index contributed by atoms with van der Waals surface area (Å²) in [7, 11) is 0. The van der Waals surface area contributed by atoms with Crippen LogP contribution in [0.3, 0.4) is 0 Å². The molecule has 0 aliphatic rings. The maximum Gasteiger partial charge on any atom is 0.573 e. The van der Waals surface area contributed by atoms with Crippen molar-refractivity contribution in [1.29, 1.82) is 0 Å². The first-order valence-electron chi connectivity index (χ1n) is 6.49. The minimum atomic E-state index is -4.72. The Morgan fingerprint density at radius 1 is 1.29 bits per heavy atom. The van der Waals surface area contributed by atoms with Gasteiger partial charge in [-0.25, -0.2) is 0 Å². The van der Waals surface area contributed by atoms with Crippen molar-refractivity contribution in [3.05, 3.63) is 29.8 Å². The number of nitrogens with one attached hydrogen (secondary N) is 1. The lowest BCUT2D eigenvalue weighted by Gasteiger charge is -2.26. The van der Waals surface area contributed by atoms with Gasteiger partial charge in [0.2, 0.25) is 0 Å². The Morgan fingerprint density at radius 3 is 2.29 bits per heavy atom. The number of carboxylic acid groups (broad SMARTS) is 1. The number of benzene rings is 1. The van der Waals surface area contributed by atoms with E-state index in [1.54, 1.807) is 6.92 Å². The summed E-state index contributed by atoms with van der Waals surface area (Å²) in [6, 6.07) is 5.31. The van der Waals surface area contributed by atoms with Gasteiger partial charge >= 0.3 is 12.3 Å². The van der Waals surface area contributed by atoms with E-state index in [9.17, 15) is 23.1 Å². The van der Waals surface area contributed by atoms with Crippen LogP contribution in [-0.2, 0) is 11.3 Å². The third-order valence-electron chi connectivity index (χ3n) is 3.06. The van der Waals surface area contributed by atoms with E-state index < -0.39 is 17.9 Å². The molecule has 1 unspecified atom stereocenters. The lowest BCUT2D eigenvalue weighted by Crippen LogP contribution is -2.48. The fourth-order valence-corrected chi connectivity index (χ4v) is 1.88. The molecule has 0 saturated carbocycles. The van der Waals surface area contributed by atoms with Crippen molar-refractivity contribution < 1.29 is 27.8 Å². The second kappa shape index (κ2) is 6.80. The lowest BCUT2D eigenvalue weighted by molar-refractivity contribution is -0.274. The van der Waals surface area contributed by atoms with E-state index in [-0.39, 0.29) is 12.3 Å². The number of halogens is 3. The minimum Gasteiger partial charge on any atom is -0.480 e. The standard InChI is InChI=1S/C14H18F3NO3/c1-3-8-13(2,12(19)20)18-9-10-4-6-11(7-5-10)21-14(15,16)17/h4-7,18H,3,8-9H2,1-2H3,(H,19,20). The van der Waals surface area contributed by atoms with Gasteiger partial charge in [-0.3, -0.25) is 10.1 Å². The maximum atomic E-state index is 12.0. The fourth-order valence-electron chi connectivity index (χ4n) is 1.88. The summed E-state index contributed by atoms with van der Waals surface area (Å²) in [5, 5.41) is 12.1. The van der Waals surface area contributed by atoms with Crippen LogP contribution in [0.4, 0.5) is 13.2 Å². The van der Waals surface area contributed by atoms with E-state index in [0.717, 1.165) is 0 Å². The minimum absolute atomic E-state index is 0.245. The van der Waals surface area contributed by atoms with Crippen molar-refractivity contribution in [3.63, 3.8) is 0 Å². The topological polar surface area (TPSA) is 58.6 Å². The molecule has 21 heavy (non-hydrogen) atoms. The highest BCUT2D eigenvalue weighted by Gasteiger charge is 2.32. The molecular formula is C14H18F3NO3. The Hall–Kier alpha value is -1.76. The SMILES string of the molecule is CCCC(C)(NCc1ccc(OC(F)(F)F)cc1)C(=O)O. The van der Waals surface area contributed by atoms with Gasteiger partial charge in [0.05, 0.1) is 0 Å². The molecule has 0 aliphatic carbocycles. The van der Waals surface area contributed by atoms with Crippen molar-refractivity contribution in [2.24, 2.45) is 0 Å². The van der Waals surface area contributed by atoms with Crippen LogP contribution in [0, 0.1) is 0 Å². The molecular weight excluding hydrogens is 287 g/mol. The highest BCUT2D eigenvalue weighted by Crippen LogP contribution is 2.23. The first kappa shape index (κ1) is 17.3. The Labute approximate surface area is 120 Å². The highest BCUT2D eigenvalue weighted by atomic mass is 19.4. The van der Waals surface area contributed by atoms with Gasteiger partial charge in [0, 0.05) is 6.54 Å². The zero-order valence-corrected chi connectivity index (χ0v) is 11.8. The normalized spacial score (nSPS) is 14.5. The molecule has 1 rings (SSSR count). The van der Waals surface area contributed by atoms with Gasteiger partial charge in [0.25, 0.3) is 0 Å². The van der Waals surface area contributed by atoms with E-state index >= 15 is 0 Å². The first-order chi connectivity index (χ1) is 9.66. The van der Waals surface area contributed by atoms with Gasteiger partial charge in [-0.1, -0.05) is 25.5 Å². The van der Waals surface area contributed by atoms with E-state index in [1.165, 1.54) is 24.3 Å². The fraction of sp³-hybridized carbons (Fsp3) is 0.500. The molecule has 0 fully saturated rings. The van der Waals surface area contributed by atoms with Gasteiger partial charge in [0.15, 0.2) is 0 Å². The quantitative estimate of drug-likeness (QED) is 0.811.